The van der Waals surface area contributed by atoms with Gasteiger partial charge in [0, 0.05) is 32.7 Å². The predicted octanol–water partition coefficient (Wildman–Crippen LogP) is 2.06. The molecule has 0 aliphatic carbocycles. The lowest BCUT2D eigenvalue weighted by molar-refractivity contribution is -0.132. The third-order valence-corrected chi connectivity index (χ3v) is 6.92. The Morgan fingerprint density at radius 2 is 1.77 bits per heavy atom. The summed E-state index contributed by atoms with van der Waals surface area (Å²) in [5.74, 6) is 1.02. The van der Waals surface area contributed by atoms with E-state index in [1.54, 1.807) is 30.4 Å². The van der Waals surface area contributed by atoms with E-state index in [1.165, 1.54) is 10.5 Å². The molecule has 5 rings (SSSR count). The Morgan fingerprint density at radius 3 is 2.52 bits per heavy atom. The van der Waals surface area contributed by atoms with Crippen molar-refractivity contribution in [2.75, 3.05) is 46.1 Å². The fourth-order valence-corrected chi connectivity index (χ4v) is 4.96. The maximum atomic E-state index is 13.3. The van der Waals surface area contributed by atoms with Crippen molar-refractivity contribution in [1.29, 1.82) is 0 Å². The number of benzene rings is 1. The fourth-order valence-electron chi connectivity index (χ4n) is 4.31. The number of rotatable bonds is 5. The molecule has 1 atom stereocenters. The standard InChI is InChI=1S/C22H26N4O4S/c1-22(17-2-3-18-19(12-17)30-10-9-29-18)20(27)26(21(28)23-22)15-25-7-5-24(6-8-25)13-16-4-11-31-14-16/h2-4,11-12,14H,5-10,13,15H2,1H3,(H,23,28). The second-order valence-electron chi connectivity index (χ2n) is 8.31. The predicted molar refractivity (Wildman–Crippen MR) is 116 cm³/mol. The molecule has 4 heterocycles. The molecule has 1 aromatic carbocycles. The van der Waals surface area contributed by atoms with Crippen LogP contribution in [-0.2, 0) is 16.9 Å². The van der Waals surface area contributed by atoms with Crippen LogP contribution in [0.3, 0.4) is 0 Å². The van der Waals surface area contributed by atoms with Crippen LogP contribution in [0.1, 0.15) is 18.1 Å². The first-order valence-corrected chi connectivity index (χ1v) is 11.5. The maximum Gasteiger partial charge on any atom is 0.326 e. The highest BCUT2D eigenvalue weighted by molar-refractivity contribution is 7.07. The molecular formula is C22H26N4O4S. The van der Waals surface area contributed by atoms with Crippen molar-refractivity contribution >= 4 is 23.3 Å². The van der Waals surface area contributed by atoms with Crippen molar-refractivity contribution in [3.8, 4) is 11.5 Å². The van der Waals surface area contributed by atoms with Gasteiger partial charge in [-0.1, -0.05) is 6.07 Å². The van der Waals surface area contributed by atoms with Gasteiger partial charge in [0.05, 0.1) is 6.67 Å². The molecule has 9 heteroatoms. The molecule has 0 spiro atoms. The lowest BCUT2D eigenvalue weighted by atomic mass is 9.91. The highest BCUT2D eigenvalue weighted by Crippen LogP contribution is 2.36. The van der Waals surface area contributed by atoms with Crippen molar-refractivity contribution in [3.05, 3.63) is 46.2 Å². The summed E-state index contributed by atoms with van der Waals surface area (Å²) in [5, 5.41) is 7.16. The summed E-state index contributed by atoms with van der Waals surface area (Å²) in [6, 6.07) is 7.20. The van der Waals surface area contributed by atoms with Crippen molar-refractivity contribution < 1.29 is 19.1 Å². The van der Waals surface area contributed by atoms with E-state index in [2.05, 4.69) is 31.9 Å². The molecule has 1 unspecified atom stereocenters. The number of fused-ring (bicyclic) bond motifs is 1. The number of hydrogen-bond donors (Lipinski definition) is 1. The minimum absolute atomic E-state index is 0.241. The van der Waals surface area contributed by atoms with Gasteiger partial charge in [-0.25, -0.2) is 9.69 Å². The van der Waals surface area contributed by atoms with Crippen molar-refractivity contribution in [1.82, 2.24) is 20.0 Å². The van der Waals surface area contributed by atoms with E-state index in [4.69, 9.17) is 9.47 Å². The molecule has 2 saturated heterocycles. The van der Waals surface area contributed by atoms with Crippen molar-refractivity contribution in [2.24, 2.45) is 0 Å². The monoisotopic (exact) mass is 442 g/mol. The summed E-state index contributed by atoms with van der Waals surface area (Å²) < 4.78 is 11.2. The Hall–Kier alpha value is -2.62. The average molecular weight is 443 g/mol. The van der Waals surface area contributed by atoms with Gasteiger partial charge in [-0.15, -0.1) is 0 Å². The molecule has 1 N–H and O–H groups in total. The van der Waals surface area contributed by atoms with Crippen LogP contribution in [-0.4, -0.2) is 72.7 Å². The minimum Gasteiger partial charge on any atom is -0.486 e. The van der Waals surface area contributed by atoms with Gasteiger partial charge < -0.3 is 14.8 Å². The molecule has 8 nitrogen and oxygen atoms in total. The first-order valence-electron chi connectivity index (χ1n) is 10.5. The van der Waals surface area contributed by atoms with E-state index in [0.717, 1.165) is 32.7 Å². The average Bonchev–Trinajstić information content (AvgIpc) is 3.37. The smallest absolute Gasteiger partial charge is 0.326 e. The first-order chi connectivity index (χ1) is 15.0. The number of imide groups is 1. The molecule has 2 fully saturated rings. The van der Waals surface area contributed by atoms with Gasteiger partial charge in [0.1, 0.15) is 18.8 Å². The van der Waals surface area contributed by atoms with Crippen LogP contribution in [0, 0.1) is 0 Å². The van der Waals surface area contributed by atoms with Gasteiger partial charge >= 0.3 is 6.03 Å². The number of carbonyl (C=O) groups excluding carboxylic acids is 2. The summed E-state index contributed by atoms with van der Waals surface area (Å²) >= 11 is 1.72. The number of amides is 3. The zero-order valence-electron chi connectivity index (χ0n) is 17.5. The van der Waals surface area contributed by atoms with Crippen LogP contribution in [0.2, 0.25) is 0 Å². The minimum atomic E-state index is -1.12. The molecule has 3 aliphatic heterocycles. The third-order valence-electron chi connectivity index (χ3n) is 6.19. The molecular weight excluding hydrogens is 416 g/mol. The number of ether oxygens (including phenoxy) is 2. The SMILES string of the molecule is CC1(c2ccc3c(c2)OCCO3)NC(=O)N(CN2CCN(Cc3ccsc3)CC2)C1=O. The fraction of sp³-hybridized carbons (Fsp3) is 0.455. The molecule has 0 radical (unpaired) electrons. The molecule has 0 saturated carbocycles. The molecule has 164 valence electrons. The zero-order chi connectivity index (χ0) is 21.4. The number of piperazine rings is 1. The summed E-state index contributed by atoms with van der Waals surface area (Å²) in [6.07, 6.45) is 0. The number of urea groups is 1. The van der Waals surface area contributed by atoms with E-state index < -0.39 is 5.54 Å². The third kappa shape index (κ3) is 3.88. The lowest BCUT2D eigenvalue weighted by Crippen LogP contribution is -2.51. The van der Waals surface area contributed by atoms with Crippen LogP contribution in [0.5, 0.6) is 11.5 Å². The van der Waals surface area contributed by atoms with Crippen LogP contribution < -0.4 is 14.8 Å². The zero-order valence-corrected chi connectivity index (χ0v) is 18.3. The van der Waals surface area contributed by atoms with E-state index in [9.17, 15) is 9.59 Å². The van der Waals surface area contributed by atoms with Crippen LogP contribution in [0.4, 0.5) is 4.79 Å². The molecule has 3 amide bonds. The maximum absolute atomic E-state index is 13.3. The highest BCUT2D eigenvalue weighted by atomic mass is 32.1. The molecule has 31 heavy (non-hydrogen) atoms. The Bertz CT molecular complexity index is 974. The van der Waals surface area contributed by atoms with Crippen LogP contribution >= 0.6 is 11.3 Å². The quantitative estimate of drug-likeness (QED) is 0.715. The highest BCUT2D eigenvalue weighted by Gasteiger charge is 2.49. The van der Waals surface area contributed by atoms with E-state index in [1.807, 2.05) is 6.07 Å². The lowest BCUT2D eigenvalue weighted by Gasteiger charge is -2.36. The van der Waals surface area contributed by atoms with Crippen LogP contribution in [0.15, 0.2) is 35.0 Å². The van der Waals surface area contributed by atoms with Crippen molar-refractivity contribution in [3.63, 3.8) is 0 Å². The van der Waals surface area contributed by atoms with E-state index in [0.29, 0.717) is 36.9 Å². The van der Waals surface area contributed by atoms with Gasteiger partial charge in [-0.05, 0) is 47.0 Å². The summed E-state index contributed by atoms with van der Waals surface area (Å²) in [7, 11) is 0. The van der Waals surface area contributed by atoms with Gasteiger partial charge in [0.15, 0.2) is 11.5 Å². The Morgan fingerprint density at radius 1 is 1.03 bits per heavy atom. The molecule has 1 aromatic heterocycles. The number of nitrogens with zero attached hydrogens (tertiary/aromatic N) is 3. The normalized spacial score (nSPS) is 24.5. The summed E-state index contributed by atoms with van der Waals surface area (Å²) in [5.41, 5.74) is 0.911. The molecule has 2 aromatic rings. The van der Waals surface area contributed by atoms with E-state index in [-0.39, 0.29) is 11.9 Å². The first kappa shape index (κ1) is 20.3. The van der Waals surface area contributed by atoms with Crippen LogP contribution in [0.25, 0.3) is 0 Å². The molecule has 3 aliphatic rings. The second-order valence-corrected chi connectivity index (χ2v) is 9.09. The number of thiophene rings is 1. The van der Waals surface area contributed by atoms with Gasteiger partial charge in [-0.3, -0.25) is 14.6 Å². The van der Waals surface area contributed by atoms with Crippen molar-refractivity contribution in [2.45, 2.75) is 19.0 Å². The number of nitrogens with one attached hydrogen (secondary N) is 1. The largest absolute Gasteiger partial charge is 0.486 e. The Balaban J connectivity index is 1.23. The van der Waals surface area contributed by atoms with Gasteiger partial charge in [0.2, 0.25) is 0 Å². The number of carbonyl (C=O) groups is 2. The topological polar surface area (TPSA) is 74.4 Å². The Labute approximate surface area is 185 Å². The Kier molecular flexibility index (Phi) is 5.33. The van der Waals surface area contributed by atoms with Gasteiger partial charge in [-0.2, -0.15) is 11.3 Å². The van der Waals surface area contributed by atoms with Gasteiger partial charge in [0.25, 0.3) is 5.91 Å². The molecule has 0 bridgehead atoms. The second kappa shape index (κ2) is 8.14. The van der Waals surface area contributed by atoms with E-state index >= 15 is 0 Å². The number of hydrogen-bond acceptors (Lipinski definition) is 7. The summed E-state index contributed by atoms with van der Waals surface area (Å²) in [6.45, 7) is 7.45. The summed E-state index contributed by atoms with van der Waals surface area (Å²) in [4.78, 5) is 31.9.